The number of benzene rings is 1. The number of carbonyl (C=O) groups excluding carboxylic acids is 1. The number of amides is 1. The van der Waals surface area contributed by atoms with Crippen molar-refractivity contribution in [2.45, 2.75) is 37.1 Å². The lowest BCUT2D eigenvalue weighted by Crippen LogP contribution is -2.35. The van der Waals surface area contributed by atoms with Gasteiger partial charge in [0, 0.05) is 5.92 Å². The fourth-order valence-electron chi connectivity index (χ4n) is 2.83. The van der Waals surface area contributed by atoms with Crippen molar-refractivity contribution in [3.8, 4) is 6.07 Å². The van der Waals surface area contributed by atoms with Crippen LogP contribution >= 0.6 is 0 Å². The first-order chi connectivity index (χ1) is 10.7. The molecule has 0 atom stereocenters. The van der Waals surface area contributed by atoms with E-state index in [2.05, 4.69) is 16.4 Å². The van der Waals surface area contributed by atoms with E-state index in [0.29, 0.717) is 22.9 Å². The second-order valence-electron chi connectivity index (χ2n) is 6.07. The van der Waals surface area contributed by atoms with Gasteiger partial charge in [-0.1, -0.05) is 12.1 Å². The Morgan fingerprint density at radius 2 is 2.23 bits per heavy atom. The molecule has 0 unspecified atom stereocenters. The van der Waals surface area contributed by atoms with Crippen LogP contribution in [0.3, 0.4) is 0 Å². The minimum Gasteiger partial charge on any atom is -0.447 e. The van der Waals surface area contributed by atoms with Crippen LogP contribution in [-0.2, 0) is 5.54 Å². The molecular formula is C17H15N3O2. The maximum absolute atomic E-state index is 12.5. The Labute approximate surface area is 128 Å². The van der Waals surface area contributed by atoms with Crippen LogP contribution in [0.1, 0.15) is 59.0 Å². The minimum absolute atomic E-state index is 0.185. The summed E-state index contributed by atoms with van der Waals surface area (Å²) in [4.78, 5) is 16.6. The Kier molecular flexibility index (Phi) is 2.80. The SMILES string of the molecule is N#Cc1cccc(C2(NC(=O)c3ncoc3C3CC3)CC2)c1. The van der Waals surface area contributed by atoms with E-state index in [1.54, 1.807) is 6.07 Å². The van der Waals surface area contributed by atoms with Gasteiger partial charge >= 0.3 is 0 Å². The lowest BCUT2D eigenvalue weighted by molar-refractivity contribution is 0.0924. The molecule has 1 N–H and O–H groups in total. The smallest absolute Gasteiger partial charge is 0.274 e. The molecule has 5 heteroatoms. The second-order valence-corrected chi connectivity index (χ2v) is 6.07. The molecule has 5 nitrogen and oxygen atoms in total. The summed E-state index contributed by atoms with van der Waals surface area (Å²) >= 11 is 0. The van der Waals surface area contributed by atoms with Gasteiger partial charge in [-0.2, -0.15) is 5.26 Å². The van der Waals surface area contributed by atoms with E-state index < -0.39 is 0 Å². The lowest BCUT2D eigenvalue weighted by atomic mass is 10.0. The number of nitrogens with zero attached hydrogens (tertiary/aromatic N) is 2. The molecule has 2 saturated carbocycles. The van der Waals surface area contributed by atoms with Crippen molar-refractivity contribution in [3.63, 3.8) is 0 Å². The van der Waals surface area contributed by atoms with Gasteiger partial charge in [-0.05, 0) is 43.4 Å². The van der Waals surface area contributed by atoms with E-state index in [4.69, 9.17) is 9.68 Å². The van der Waals surface area contributed by atoms with Crippen molar-refractivity contribution in [2.75, 3.05) is 0 Å². The molecule has 0 aliphatic heterocycles. The quantitative estimate of drug-likeness (QED) is 0.940. The summed E-state index contributed by atoms with van der Waals surface area (Å²) in [7, 11) is 0. The standard InChI is InChI=1S/C17H15N3O2/c18-9-11-2-1-3-13(8-11)17(6-7-17)20-16(21)14-15(12-4-5-12)22-10-19-14/h1-3,8,10,12H,4-7H2,(H,20,21). The van der Waals surface area contributed by atoms with Gasteiger partial charge in [-0.25, -0.2) is 4.98 Å². The van der Waals surface area contributed by atoms with Crippen molar-refractivity contribution >= 4 is 5.91 Å². The topological polar surface area (TPSA) is 78.9 Å². The molecule has 2 aliphatic carbocycles. The molecule has 22 heavy (non-hydrogen) atoms. The monoisotopic (exact) mass is 293 g/mol. The fourth-order valence-corrected chi connectivity index (χ4v) is 2.83. The Hall–Kier alpha value is -2.61. The molecular weight excluding hydrogens is 278 g/mol. The first kappa shape index (κ1) is 13.1. The zero-order chi connectivity index (χ0) is 15.2. The Balaban J connectivity index is 1.58. The van der Waals surface area contributed by atoms with Gasteiger partial charge in [0.25, 0.3) is 5.91 Å². The van der Waals surface area contributed by atoms with E-state index in [1.807, 2.05) is 18.2 Å². The van der Waals surface area contributed by atoms with Crippen molar-refractivity contribution in [2.24, 2.45) is 0 Å². The van der Waals surface area contributed by atoms with Crippen molar-refractivity contribution in [1.29, 1.82) is 5.26 Å². The summed E-state index contributed by atoms with van der Waals surface area (Å²) in [6.45, 7) is 0. The van der Waals surface area contributed by atoms with Gasteiger partial charge in [0.05, 0.1) is 17.2 Å². The molecule has 0 saturated heterocycles. The number of nitriles is 1. The minimum atomic E-state index is -0.357. The molecule has 2 fully saturated rings. The van der Waals surface area contributed by atoms with Gasteiger partial charge in [0.1, 0.15) is 5.76 Å². The summed E-state index contributed by atoms with van der Waals surface area (Å²) in [6, 6.07) is 9.56. The molecule has 2 aliphatic rings. The van der Waals surface area contributed by atoms with Gasteiger partial charge in [0.2, 0.25) is 0 Å². The Morgan fingerprint density at radius 3 is 2.91 bits per heavy atom. The maximum atomic E-state index is 12.5. The van der Waals surface area contributed by atoms with E-state index in [1.165, 1.54) is 6.39 Å². The van der Waals surface area contributed by atoms with Crippen LogP contribution in [0, 0.1) is 11.3 Å². The Morgan fingerprint density at radius 1 is 1.41 bits per heavy atom. The maximum Gasteiger partial charge on any atom is 0.274 e. The van der Waals surface area contributed by atoms with Crippen LogP contribution in [0.5, 0.6) is 0 Å². The van der Waals surface area contributed by atoms with Crippen LogP contribution in [-0.4, -0.2) is 10.9 Å². The molecule has 4 rings (SSSR count). The normalized spacial score (nSPS) is 18.5. The van der Waals surface area contributed by atoms with Gasteiger partial charge in [-0.15, -0.1) is 0 Å². The molecule has 1 aromatic carbocycles. The predicted molar refractivity (Wildman–Crippen MR) is 78.0 cm³/mol. The average molecular weight is 293 g/mol. The number of hydrogen-bond donors (Lipinski definition) is 1. The number of nitrogens with one attached hydrogen (secondary N) is 1. The zero-order valence-corrected chi connectivity index (χ0v) is 12.0. The van der Waals surface area contributed by atoms with Crippen LogP contribution in [0.4, 0.5) is 0 Å². The molecule has 1 amide bonds. The predicted octanol–water partition coefficient (Wildman–Crippen LogP) is 2.84. The zero-order valence-electron chi connectivity index (χ0n) is 12.0. The first-order valence-electron chi connectivity index (χ1n) is 7.48. The highest BCUT2D eigenvalue weighted by atomic mass is 16.3. The van der Waals surface area contributed by atoms with Crippen LogP contribution in [0.15, 0.2) is 35.1 Å². The van der Waals surface area contributed by atoms with E-state index in [9.17, 15) is 4.79 Å². The van der Waals surface area contributed by atoms with Crippen LogP contribution < -0.4 is 5.32 Å². The van der Waals surface area contributed by atoms with Crippen molar-refractivity contribution < 1.29 is 9.21 Å². The average Bonchev–Trinajstić information content (AvgIpc) is 3.48. The first-order valence-corrected chi connectivity index (χ1v) is 7.48. The summed E-state index contributed by atoms with van der Waals surface area (Å²) in [5.41, 5.74) is 1.64. The number of hydrogen-bond acceptors (Lipinski definition) is 4. The highest BCUT2D eigenvalue weighted by molar-refractivity contribution is 5.94. The molecule has 110 valence electrons. The summed E-state index contributed by atoms with van der Waals surface area (Å²) in [5, 5.41) is 12.1. The van der Waals surface area contributed by atoms with Gasteiger partial charge in [-0.3, -0.25) is 4.79 Å². The van der Waals surface area contributed by atoms with E-state index >= 15 is 0 Å². The fraction of sp³-hybridized carbons (Fsp3) is 0.353. The number of aromatic nitrogens is 1. The Bertz CT molecular complexity index is 779. The summed E-state index contributed by atoms with van der Waals surface area (Å²) in [5.74, 6) is 0.870. The molecule has 0 spiro atoms. The van der Waals surface area contributed by atoms with E-state index in [0.717, 1.165) is 31.2 Å². The number of rotatable bonds is 4. The summed E-state index contributed by atoms with van der Waals surface area (Å²) < 4.78 is 5.37. The molecule has 1 heterocycles. The third kappa shape index (κ3) is 2.17. The van der Waals surface area contributed by atoms with Crippen molar-refractivity contribution in [1.82, 2.24) is 10.3 Å². The van der Waals surface area contributed by atoms with E-state index in [-0.39, 0.29) is 11.4 Å². The highest BCUT2D eigenvalue weighted by Crippen LogP contribution is 2.46. The van der Waals surface area contributed by atoms with Gasteiger partial charge < -0.3 is 9.73 Å². The lowest BCUT2D eigenvalue weighted by Gasteiger charge is -2.17. The second kappa shape index (κ2) is 4.70. The van der Waals surface area contributed by atoms with Crippen LogP contribution in [0.25, 0.3) is 0 Å². The highest BCUT2D eigenvalue weighted by Gasteiger charge is 2.46. The number of carbonyl (C=O) groups is 1. The molecule has 0 bridgehead atoms. The van der Waals surface area contributed by atoms with Gasteiger partial charge in [0.15, 0.2) is 12.1 Å². The number of oxazole rings is 1. The third-order valence-corrected chi connectivity index (χ3v) is 4.41. The third-order valence-electron chi connectivity index (χ3n) is 4.41. The molecule has 1 aromatic heterocycles. The van der Waals surface area contributed by atoms with Crippen molar-refractivity contribution in [3.05, 3.63) is 53.2 Å². The van der Waals surface area contributed by atoms with Crippen LogP contribution in [0.2, 0.25) is 0 Å². The largest absolute Gasteiger partial charge is 0.447 e. The molecule has 2 aromatic rings. The summed E-state index contributed by atoms with van der Waals surface area (Å²) in [6.07, 6.45) is 5.22. The molecule has 0 radical (unpaired) electrons.